The molecule has 0 aliphatic rings. The minimum atomic E-state index is 0.441. The molecule has 0 saturated heterocycles. The Morgan fingerprint density at radius 2 is 0.926 bits per heavy atom. The average Bonchev–Trinajstić information content (AvgIpc) is 4.02. The molecule has 8 aromatic rings. The lowest BCUT2D eigenvalue weighted by Gasteiger charge is -2.11. The lowest BCUT2D eigenvalue weighted by Crippen LogP contribution is -2.04. The van der Waals surface area contributed by atoms with Crippen molar-refractivity contribution in [1.82, 2.24) is 60.0 Å². The van der Waals surface area contributed by atoms with Crippen molar-refractivity contribution in [2.24, 2.45) is 0 Å². The third-order valence-electron chi connectivity index (χ3n) is 8.15. The van der Waals surface area contributed by atoms with Crippen LogP contribution in [0.1, 0.15) is 11.1 Å². The van der Waals surface area contributed by atoms with E-state index in [1.54, 1.807) is 36.2 Å². The van der Waals surface area contributed by atoms with Crippen molar-refractivity contribution in [2.45, 2.75) is 23.1 Å². The van der Waals surface area contributed by atoms with Crippen LogP contribution in [0.15, 0.2) is 128 Å². The molecule has 270 valence electrons. The van der Waals surface area contributed by atoms with Crippen LogP contribution in [-0.2, 0) is 13.1 Å². The van der Waals surface area contributed by atoms with Gasteiger partial charge in [-0.15, -0.1) is 20.4 Å². The molecular weight excluding hydrogens is 856 g/mol. The number of aromatic nitrogens is 12. The molecule has 0 N–H and O–H groups in total. The van der Waals surface area contributed by atoms with Gasteiger partial charge in [-0.1, -0.05) is 56.1 Å². The highest BCUT2D eigenvalue weighted by molar-refractivity contribution is 9.10. The lowest BCUT2D eigenvalue weighted by atomic mass is 10.2. The van der Waals surface area contributed by atoms with Crippen LogP contribution in [0.3, 0.4) is 0 Å². The highest BCUT2D eigenvalue weighted by Crippen LogP contribution is 2.46. The third kappa shape index (κ3) is 7.82. The molecule has 18 heteroatoms. The van der Waals surface area contributed by atoms with Crippen LogP contribution < -0.4 is 9.47 Å². The molecular formula is C36H28Br2N12O2S2. The monoisotopic (exact) mass is 882 g/mol. The predicted octanol–water partition coefficient (Wildman–Crippen LogP) is 7.80. The second-order valence-corrected chi connectivity index (χ2v) is 15.6. The van der Waals surface area contributed by atoms with Crippen LogP contribution in [0, 0.1) is 0 Å². The summed E-state index contributed by atoms with van der Waals surface area (Å²) in [6, 6.07) is 31.4. The quantitative estimate of drug-likeness (QED) is 0.104. The van der Waals surface area contributed by atoms with Gasteiger partial charge in [0.1, 0.15) is 21.6 Å². The average molecular weight is 885 g/mol. The fourth-order valence-electron chi connectivity index (χ4n) is 5.38. The van der Waals surface area contributed by atoms with Crippen LogP contribution in [-0.4, -0.2) is 74.2 Å². The zero-order chi connectivity index (χ0) is 37.0. The Balaban J connectivity index is 1.14. The Hall–Kier alpha value is -5.30. The van der Waals surface area contributed by atoms with E-state index in [0.29, 0.717) is 24.7 Å². The summed E-state index contributed by atoms with van der Waals surface area (Å²) < 4.78 is 16.3. The van der Waals surface area contributed by atoms with E-state index >= 15 is 0 Å². The first-order valence-electron chi connectivity index (χ1n) is 16.3. The highest BCUT2D eigenvalue weighted by atomic mass is 79.9. The Labute approximate surface area is 333 Å². The van der Waals surface area contributed by atoms with E-state index in [2.05, 4.69) is 52.5 Å². The Bertz CT molecular complexity index is 2320. The molecule has 54 heavy (non-hydrogen) atoms. The number of benzene rings is 4. The normalized spacial score (nSPS) is 11.3. The molecule has 4 aromatic carbocycles. The summed E-state index contributed by atoms with van der Waals surface area (Å²) in [4.78, 5) is 3.13. The zero-order valence-electron chi connectivity index (χ0n) is 28.6. The molecule has 4 heterocycles. The van der Waals surface area contributed by atoms with Crippen molar-refractivity contribution in [1.29, 1.82) is 0 Å². The molecule has 0 aliphatic carbocycles. The number of hydrogen-bond acceptors (Lipinski definition) is 12. The van der Waals surface area contributed by atoms with E-state index in [9.17, 15) is 0 Å². The van der Waals surface area contributed by atoms with Gasteiger partial charge in [-0.3, -0.25) is 0 Å². The van der Waals surface area contributed by atoms with Crippen LogP contribution in [0.4, 0.5) is 0 Å². The maximum atomic E-state index is 5.30. The SMILES string of the molecule is COc1ccc(Cn2nnc(-c3cnn(-c4ccc(Br)cc4)c3SSc3c(-c4nnn(Cc5ccc(OC)cc5)n4)cnn3-c3ccc(Br)cc3)n2)cc1. The molecule has 0 atom stereocenters. The number of tetrazole rings is 2. The van der Waals surface area contributed by atoms with Gasteiger partial charge >= 0.3 is 0 Å². The third-order valence-corrected chi connectivity index (χ3v) is 11.6. The number of halogens is 2. The van der Waals surface area contributed by atoms with E-state index in [4.69, 9.17) is 29.9 Å². The second kappa shape index (κ2) is 16.0. The smallest absolute Gasteiger partial charge is 0.209 e. The summed E-state index contributed by atoms with van der Waals surface area (Å²) in [6.07, 6.45) is 3.53. The van der Waals surface area contributed by atoms with E-state index in [0.717, 1.165) is 64.1 Å². The molecule has 0 fully saturated rings. The minimum Gasteiger partial charge on any atom is -0.497 e. The standard InChI is InChI=1S/C36H28Br2N12O2S2/c1-51-29-15-3-23(4-16-29)21-47-43-33(41-45-47)31-19-39-49(27-11-7-25(37)8-12-27)35(31)53-54-36-32(20-40-50(36)28-13-9-26(38)10-14-28)34-42-46-48(44-34)22-24-5-17-30(52-2)18-6-24/h3-20H,21-22H2,1-2H3. The summed E-state index contributed by atoms with van der Waals surface area (Å²) in [5, 5.41) is 38.3. The maximum absolute atomic E-state index is 5.30. The summed E-state index contributed by atoms with van der Waals surface area (Å²) in [5.74, 6) is 2.45. The van der Waals surface area contributed by atoms with Gasteiger partial charge < -0.3 is 9.47 Å². The van der Waals surface area contributed by atoms with E-state index in [1.807, 2.05) is 106 Å². The number of rotatable bonds is 13. The van der Waals surface area contributed by atoms with Gasteiger partial charge in [0.05, 0.1) is 62.2 Å². The van der Waals surface area contributed by atoms with Crippen LogP contribution in [0.2, 0.25) is 0 Å². The Morgan fingerprint density at radius 1 is 0.537 bits per heavy atom. The Morgan fingerprint density at radius 3 is 1.30 bits per heavy atom. The summed E-state index contributed by atoms with van der Waals surface area (Å²) >= 11 is 7.10. The topological polar surface area (TPSA) is 141 Å². The number of methoxy groups -OCH3 is 2. The number of nitrogens with zero attached hydrogens (tertiary/aromatic N) is 12. The summed E-state index contributed by atoms with van der Waals surface area (Å²) in [7, 11) is 6.27. The van der Waals surface area contributed by atoms with Crippen LogP contribution in [0.25, 0.3) is 34.2 Å². The molecule has 0 aliphatic heterocycles. The largest absolute Gasteiger partial charge is 0.497 e. The fraction of sp³-hybridized carbons (Fsp3) is 0.111. The number of ether oxygens (including phenoxy) is 2. The summed E-state index contributed by atoms with van der Waals surface area (Å²) in [5.41, 5.74) is 5.19. The van der Waals surface area contributed by atoms with E-state index in [1.165, 1.54) is 21.6 Å². The first-order chi connectivity index (χ1) is 26.4. The fourth-order valence-corrected chi connectivity index (χ4v) is 8.41. The predicted molar refractivity (Wildman–Crippen MR) is 212 cm³/mol. The molecule has 8 rings (SSSR count). The van der Waals surface area contributed by atoms with Crippen molar-refractivity contribution in [3.63, 3.8) is 0 Å². The molecule has 4 aromatic heterocycles. The summed E-state index contributed by atoms with van der Waals surface area (Å²) in [6.45, 7) is 0.883. The van der Waals surface area contributed by atoms with E-state index in [-0.39, 0.29) is 0 Å². The van der Waals surface area contributed by atoms with Crippen molar-refractivity contribution in [3.8, 4) is 45.6 Å². The van der Waals surface area contributed by atoms with Gasteiger partial charge in [0, 0.05) is 8.95 Å². The molecule has 0 bridgehead atoms. The van der Waals surface area contributed by atoms with Crippen molar-refractivity contribution in [3.05, 3.63) is 130 Å². The van der Waals surface area contributed by atoms with E-state index < -0.39 is 0 Å². The van der Waals surface area contributed by atoms with Gasteiger partial charge in [-0.05, 0) is 116 Å². The minimum absolute atomic E-state index is 0.441. The van der Waals surface area contributed by atoms with Gasteiger partial charge in [0.2, 0.25) is 11.6 Å². The molecule has 0 radical (unpaired) electrons. The van der Waals surface area contributed by atoms with Crippen molar-refractivity contribution < 1.29 is 9.47 Å². The maximum Gasteiger partial charge on any atom is 0.209 e. The second-order valence-electron chi connectivity index (χ2n) is 11.7. The molecule has 0 unspecified atom stereocenters. The lowest BCUT2D eigenvalue weighted by molar-refractivity contribution is 0.414. The Kier molecular flexibility index (Phi) is 10.6. The van der Waals surface area contributed by atoms with Crippen LogP contribution in [0.5, 0.6) is 11.5 Å². The first kappa shape index (κ1) is 35.7. The highest BCUT2D eigenvalue weighted by Gasteiger charge is 2.24. The zero-order valence-corrected chi connectivity index (χ0v) is 33.4. The number of hydrogen-bond donors (Lipinski definition) is 0. The molecule has 0 saturated carbocycles. The van der Waals surface area contributed by atoms with Gasteiger partial charge in [-0.2, -0.15) is 19.8 Å². The molecule has 0 amide bonds. The van der Waals surface area contributed by atoms with Gasteiger partial charge in [0.15, 0.2) is 0 Å². The van der Waals surface area contributed by atoms with Gasteiger partial charge in [0.25, 0.3) is 0 Å². The molecule has 14 nitrogen and oxygen atoms in total. The first-order valence-corrected chi connectivity index (χ1v) is 20.0. The van der Waals surface area contributed by atoms with Crippen LogP contribution >= 0.6 is 53.4 Å². The molecule has 0 spiro atoms. The van der Waals surface area contributed by atoms with Crippen molar-refractivity contribution in [2.75, 3.05) is 14.2 Å². The van der Waals surface area contributed by atoms with Gasteiger partial charge in [-0.25, -0.2) is 9.36 Å². The van der Waals surface area contributed by atoms with Crippen molar-refractivity contribution >= 4 is 53.4 Å².